The Labute approximate surface area is 90.2 Å². The highest BCUT2D eigenvalue weighted by Gasteiger charge is 1.91. The van der Waals surface area contributed by atoms with Gasteiger partial charge in [0, 0.05) is 6.21 Å². The van der Waals surface area contributed by atoms with Gasteiger partial charge in [-0.25, -0.2) is 4.99 Å². The molecule has 0 aliphatic heterocycles. The number of hydrogen-bond acceptors (Lipinski definition) is 4. The number of rotatable bonds is 2. The van der Waals surface area contributed by atoms with E-state index in [9.17, 15) is 0 Å². The van der Waals surface area contributed by atoms with Gasteiger partial charge in [0.15, 0.2) is 3.95 Å². The van der Waals surface area contributed by atoms with Crippen molar-refractivity contribution >= 4 is 34.9 Å². The van der Waals surface area contributed by atoms with Gasteiger partial charge in [-0.05, 0) is 17.8 Å². The Morgan fingerprint density at radius 2 is 2.14 bits per heavy atom. The van der Waals surface area contributed by atoms with E-state index in [-0.39, 0.29) is 0 Å². The van der Waals surface area contributed by atoms with Gasteiger partial charge < -0.3 is 0 Å². The maximum atomic E-state index is 4.89. The lowest BCUT2D eigenvalue weighted by atomic mass is 10.2. The summed E-state index contributed by atoms with van der Waals surface area (Å²) in [6.45, 7) is 0. The Morgan fingerprint density at radius 1 is 1.36 bits per heavy atom. The van der Waals surface area contributed by atoms with Crippen LogP contribution < -0.4 is 0 Å². The van der Waals surface area contributed by atoms with Crippen molar-refractivity contribution in [1.29, 1.82) is 0 Å². The number of nitrogens with one attached hydrogen (secondary N) is 1. The summed E-state index contributed by atoms with van der Waals surface area (Å²) < 4.78 is 0.644. The van der Waals surface area contributed by atoms with E-state index < -0.39 is 0 Å². The minimum absolute atomic E-state index is 0.644. The summed E-state index contributed by atoms with van der Waals surface area (Å²) in [5, 5.41) is 7.25. The van der Waals surface area contributed by atoms with E-state index in [0.29, 0.717) is 9.09 Å². The van der Waals surface area contributed by atoms with Gasteiger partial charge in [-0.2, -0.15) is 0 Å². The average molecular weight is 221 g/mol. The number of aromatic amines is 1. The Kier molecular flexibility index (Phi) is 2.81. The van der Waals surface area contributed by atoms with Crippen molar-refractivity contribution in [2.24, 2.45) is 4.99 Å². The van der Waals surface area contributed by atoms with E-state index in [0.717, 1.165) is 5.56 Å². The fourth-order valence-electron chi connectivity index (χ4n) is 0.946. The summed E-state index contributed by atoms with van der Waals surface area (Å²) >= 11 is 6.25. The van der Waals surface area contributed by atoms with Gasteiger partial charge >= 0.3 is 0 Å². The Hall–Kier alpha value is -1.33. The molecule has 2 rings (SSSR count). The molecule has 0 saturated heterocycles. The molecule has 14 heavy (non-hydrogen) atoms. The zero-order valence-electron chi connectivity index (χ0n) is 7.18. The predicted molar refractivity (Wildman–Crippen MR) is 61.0 cm³/mol. The number of nitrogens with zero attached hydrogens (tertiary/aromatic N) is 2. The molecular weight excluding hydrogens is 214 g/mol. The van der Waals surface area contributed by atoms with E-state index in [1.165, 1.54) is 11.3 Å². The molecule has 0 aliphatic rings. The lowest BCUT2D eigenvalue weighted by molar-refractivity contribution is 1.07. The molecule has 0 atom stereocenters. The molecule has 1 aromatic carbocycles. The van der Waals surface area contributed by atoms with Crippen molar-refractivity contribution in [3.63, 3.8) is 0 Å². The normalized spacial score (nSPS) is 10.9. The van der Waals surface area contributed by atoms with Crippen molar-refractivity contribution in [2.45, 2.75) is 0 Å². The van der Waals surface area contributed by atoms with Crippen LogP contribution in [0.3, 0.4) is 0 Å². The van der Waals surface area contributed by atoms with Gasteiger partial charge in [-0.3, -0.25) is 5.10 Å². The van der Waals surface area contributed by atoms with Gasteiger partial charge in [0.05, 0.1) is 0 Å². The molecule has 1 N–H and O–H groups in total. The zero-order chi connectivity index (χ0) is 9.80. The first-order valence-electron chi connectivity index (χ1n) is 3.99. The average Bonchev–Trinajstić information content (AvgIpc) is 2.63. The second kappa shape index (κ2) is 4.26. The topological polar surface area (TPSA) is 41.0 Å². The van der Waals surface area contributed by atoms with Gasteiger partial charge in [-0.1, -0.05) is 41.7 Å². The molecule has 0 bridgehead atoms. The fraction of sp³-hybridized carbons (Fsp3) is 0. The third-order valence-corrected chi connectivity index (χ3v) is 2.55. The molecule has 0 amide bonds. The molecule has 0 radical (unpaired) electrons. The molecule has 0 fully saturated rings. The van der Waals surface area contributed by atoms with Crippen molar-refractivity contribution < 1.29 is 0 Å². The molecule has 2 aromatic rings. The first kappa shape index (κ1) is 9.23. The predicted octanol–water partition coefficient (Wildman–Crippen LogP) is 2.95. The highest BCUT2D eigenvalue weighted by Crippen LogP contribution is 2.14. The minimum atomic E-state index is 0.644. The Morgan fingerprint density at radius 3 is 2.79 bits per heavy atom. The van der Waals surface area contributed by atoms with Crippen LogP contribution in [0.25, 0.3) is 0 Å². The second-order valence-electron chi connectivity index (χ2n) is 2.56. The first-order valence-corrected chi connectivity index (χ1v) is 5.22. The standard InChI is InChI=1S/C9H7N3S2/c13-9-12-11-8(14-9)10-6-7-4-2-1-3-5-7/h1-6H,(H,12,13). The lowest BCUT2D eigenvalue weighted by Crippen LogP contribution is -1.77. The van der Waals surface area contributed by atoms with Gasteiger partial charge in [-0.15, -0.1) is 5.10 Å². The maximum Gasteiger partial charge on any atom is 0.230 e. The van der Waals surface area contributed by atoms with E-state index in [2.05, 4.69) is 15.2 Å². The third kappa shape index (κ3) is 2.34. The van der Waals surface area contributed by atoms with Crippen LogP contribution in [0.4, 0.5) is 5.13 Å². The van der Waals surface area contributed by atoms with E-state index in [1.54, 1.807) is 6.21 Å². The van der Waals surface area contributed by atoms with E-state index in [4.69, 9.17) is 12.2 Å². The molecule has 70 valence electrons. The van der Waals surface area contributed by atoms with Crippen LogP contribution in [0, 0.1) is 3.95 Å². The fourth-order valence-corrected chi connectivity index (χ4v) is 1.67. The second-order valence-corrected chi connectivity index (χ2v) is 4.21. The molecule has 1 heterocycles. The number of H-pyrrole nitrogens is 1. The summed E-state index contributed by atoms with van der Waals surface area (Å²) in [4.78, 5) is 4.18. The molecule has 3 nitrogen and oxygen atoms in total. The van der Waals surface area contributed by atoms with Gasteiger partial charge in [0.2, 0.25) is 5.13 Å². The molecule has 0 saturated carbocycles. The van der Waals surface area contributed by atoms with Crippen molar-refractivity contribution in [2.75, 3.05) is 0 Å². The van der Waals surface area contributed by atoms with Crippen molar-refractivity contribution in [3.8, 4) is 0 Å². The maximum absolute atomic E-state index is 4.89. The summed E-state index contributed by atoms with van der Waals surface area (Å²) in [6, 6.07) is 9.86. The van der Waals surface area contributed by atoms with Crippen LogP contribution in [0.5, 0.6) is 0 Å². The van der Waals surface area contributed by atoms with Crippen LogP contribution in [0.15, 0.2) is 35.3 Å². The van der Waals surface area contributed by atoms with Gasteiger partial charge in [0.1, 0.15) is 0 Å². The van der Waals surface area contributed by atoms with Crippen LogP contribution >= 0.6 is 23.6 Å². The summed E-state index contributed by atoms with van der Waals surface area (Å²) in [5.74, 6) is 0. The summed E-state index contributed by atoms with van der Waals surface area (Å²) in [5.41, 5.74) is 1.05. The molecule has 0 unspecified atom stereocenters. The molecule has 1 aromatic heterocycles. The van der Waals surface area contributed by atoms with Crippen molar-refractivity contribution in [3.05, 3.63) is 39.8 Å². The number of hydrogen-bond donors (Lipinski definition) is 1. The zero-order valence-corrected chi connectivity index (χ0v) is 8.81. The lowest BCUT2D eigenvalue weighted by Gasteiger charge is -1.87. The summed E-state index contributed by atoms with van der Waals surface area (Å²) in [7, 11) is 0. The molecule has 5 heteroatoms. The van der Waals surface area contributed by atoms with E-state index >= 15 is 0 Å². The largest absolute Gasteiger partial charge is 0.256 e. The quantitative estimate of drug-likeness (QED) is 0.625. The van der Waals surface area contributed by atoms with Crippen LogP contribution in [0.2, 0.25) is 0 Å². The van der Waals surface area contributed by atoms with Crippen LogP contribution in [-0.2, 0) is 0 Å². The number of aromatic nitrogens is 2. The first-order chi connectivity index (χ1) is 6.84. The third-order valence-electron chi connectivity index (χ3n) is 1.55. The molecule has 0 aliphatic carbocycles. The minimum Gasteiger partial charge on any atom is -0.256 e. The van der Waals surface area contributed by atoms with Crippen molar-refractivity contribution in [1.82, 2.24) is 10.2 Å². The highest BCUT2D eigenvalue weighted by molar-refractivity contribution is 7.73. The van der Waals surface area contributed by atoms with Gasteiger partial charge in [0.25, 0.3) is 0 Å². The van der Waals surface area contributed by atoms with Crippen LogP contribution in [-0.4, -0.2) is 16.4 Å². The number of benzene rings is 1. The molecular formula is C9H7N3S2. The van der Waals surface area contributed by atoms with Crippen LogP contribution in [0.1, 0.15) is 5.56 Å². The summed E-state index contributed by atoms with van der Waals surface area (Å²) in [6.07, 6.45) is 1.77. The SMILES string of the molecule is S=c1[nH]nc(N=Cc2ccccc2)s1. The number of aliphatic imine (C=N–C) groups is 1. The monoisotopic (exact) mass is 221 g/mol. The highest BCUT2D eigenvalue weighted by atomic mass is 32.1. The molecule has 0 spiro atoms. The Balaban J connectivity index is 2.19. The Bertz CT molecular complexity index is 484. The van der Waals surface area contributed by atoms with E-state index in [1.807, 2.05) is 30.3 Å². The smallest absolute Gasteiger partial charge is 0.230 e.